The van der Waals surface area contributed by atoms with Gasteiger partial charge in [0.15, 0.2) is 0 Å². The molecule has 0 spiro atoms. The van der Waals surface area contributed by atoms with E-state index in [1.54, 1.807) is 11.3 Å². The first-order chi connectivity index (χ1) is 9.11. The molecular formula is C15H18ClNOS. The second-order valence-electron chi connectivity index (χ2n) is 4.53. The van der Waals surface area contributed by atoms with E-state index in [0.717, 1.165) is 12.2 Å². The zero-order chi connectivity index (χ0) is 13.8. The number of halogens is 1. The Morgan fingerprint density at radius 1 is 1.26 bits per heavy atom. The number of hydrogen-bond acceptors (Lipinski definition) is 3. The lowest BCUT2D eigenvalue weighted by atomic mass is 10.1. The van der Waals surface area contributed by atoms with Gasteiger partial charge in [-0.05, 0) is 54.6 Å². The standard InChI is InChI=1S/C15H18ClNOS/c1-3-13(17)14(15-10(2)8-9-19-15)18-12-6-4-11(16)5-7-12/h4-9,13-14H,3,17H2,1-2H3. The van der Waals surface area contributed by atoms with Gasteiger partial charge in [-0.25, -0.2) is 0 Å². The fourth-order valence-corrected chi connectivity index (χ4v) is 3.04. The number of aryl methyl sites for hydroxylation is 1. The molecule has 2 aromatic rings. The van der Waals surface area contributed by atoms with Crippen LogP contribution in [0.4, 0.5) is 0 Å². The lowest BCUT2D eigenvalue weighted by molar-refractivity contribution is 0.174. The number of benzene rings is 1. The molecule has 19 heavy (non-hydrogen) atoms. The van der Waals surface area contributed by atoms with Crippen LogP contribution in [-0.4, -0.2) is 6.04 Å². The highest BCUT2D eigenvalue weighted by atomic mass is 35.5. The van der Waals surface area contributed by atoms with Crippen LogP contribution in [0.1, 0.15) is 29.9 Å². The average molecular weight is 296 g/mol. The van der Waals surface area contributed by atoms with Crippen LogP contribution in [0.15, 0.2) is 35.7 Å². The maximum absolute atomic E-state index is 6.21. The van der Waals surface area contributed by atoms with Crippen molar-refractivity contribution in [2.24, 2.45) is 5.73 Å². The molecule has 4 heteroatoms. The summed E-state index contributed by atoms with van der Waals surface area (Å²) in [6.07, 6.45) is 0.765. The van der Waals surface area contributed by atoms with Crippen LogP contribution < -0.4 is 10.5 Å². The van der Waals surface area contributed by atoms with Gasteiger partial charge in [-0.3, -0.25) is 0 Å². The molecular weight excluding hydrogens is 278 g/mol. The average Bonchev–Trinajstić information content (AvgIpc) is 2.83. The van der Waals surface area contributed by atoms with E-state index >= 15 is 0 Å². The number of rotatable bonds is 5. The monoisotopic (exact) mass is 295 g/mol. The zero-order valence-electron chi connectivity index (χ0n) is 11.1. The number of hydrogen-bond donors (Lipinski definition) is 1. The lowest BCUT2D eigenvalue weighted by Gasteiger charge is -2.24. The molecule has 2 N–H and O–H groups in total. The van der Waals surface area contributed by atoms with Crippen molar-refractivity contribution in [1.82, 2.24) is 0 Å². The van der Waals surface area contributed by atoms with E-state index in [-0.39, 0.29) is 12.1 Å². The van der Waals surface area contributed by atoms with Crippen LogP contribution in [-0.2, 0) is 0 Å². The van der Waals surface area contributed by atoms with Gasteiger partial charge in [-0.15, -0.1) is 11.3 Å². The van der Waals surface area contributed by atoms with Gasteiger partial charge in [-0.2, -0.15) is 0 Å². The Kier molecular flexibility index (Phi) is 4.86. The molecule has 1 aromatic heterocycles. The van der Waals surface area contributed by atoms with Crippen molar-refractivity contribution in [1.29, 1.82) is 0 Å². The largest absolute Gasteiger partial charge is 0.483 e. The van der Waals surface area contributed by atoms with Crippen molar-refractivity contribution < 1.29 is 4.74 Å². The van der Waals surface area contributed by atoms with Gasteiger partial charge < -0.3 is 10.5 Å². The summed E-state index contributed by atoms with van der Waals surface area (Å²) in [7, 11) is 0. The normalized spacial score (nSPS) is 14.1. The maximum Gasteiger partial charge on any atom is 0.148 e. The Labute approximate surface area is 123 Å². The number of ether oxygens (including phenoxy) is 1. The molecule has 0 aliphatic heterocycles. The van der Waals surface area contributed by atoms with E-state index in [2.05, 4.69) is 25.3 Å². The smallest absolute Gasteiger partial charge is 0.148 e. The third-order valence-corrected chi connectivity index (χ3v) is 4.43. The van der Waals surface area contributed by atoms with Crippen molar-refractivity contribution >= 4 is 22.9 Å². The third-order valence-electron chi connectivity index (χ3n) is 3.10. The molecule has 0 aliphatic carbocycles. The molecule has 0 aliphatic rings. The Morgan fingerprint density at radius 3 is 2.47 bits per heavy atom. The Hall–Kier alpha value is -1.03. The van der Waals surface area contributed by atoms with Crippen LogP contribution in [0.5, 0.6) is 5.75 Å². The first-order valence-corrected chi connectivity index (χ1v) is 7.59. The molecule has 0 fully saturated rings. The summed E-state index contributed by atoms with van der Waals surface area (Å²) < 4.78 is 6.07. The minimum absolute atomic E-state index is 0.0203. The molecule has 0 radical (unpaired) electrons. The summed E-state index contributed by atoms with van der Waals surface area (Å²) >= 11 is 7.58. The summed E-state index contributed by atoms with van der Waals surface area (Å²) in [5, 5.41) is 2.78. The molecule has 0 bridgehead atoms. The molecule has 2 unspecified atom stereocenters. The minimum Gasteiger partial charge on any atom is -0.483 e. The predicted molar refractivity (Wildman–Crippen MR) is 82.1 cm³/mol. The third kappa shape index (κ3) is 3.50. The van der Waals surface area contributed by atoms with E-state index in [1.807, 2.05) is 24.3 Å². The molecule has 0 saturated carbocycles. The summed E-state index contributed by atoms with van der Waals surface area (Å²) in [5.74, 6) is 0.797. The summed E-state index contributed by atoms with van der Waals surface area (Å²) in [6.45, 7) is 4.16. The van der Waals surface area contributed by atoms with E-state index in [9.17, 15) is 0 Å². The van der Waals surface area contributed by atoms with E-state index in [0.29, 0.717) is 5.02 Å². The second-order valence-corrected chi connectivity index (χ2v) is 5.92. The van der Waals surface area contributed by atoms with E-state index < -0.39 is 0 Å². The first kappa shape index (κ1) is 14.4. The molecule has 1 aromatic carbocycles. The van der Waals surface area contributed by atoms with Gasteiger partial charge >= 0.3 is 0 Å². The highest BCUT2D eigenvalue weighted by Crippen LogP contribution is 2.31. The summed E-state index contributed by atoms with van der Waals surface area (Å²) in [4.78, 5) is 1.20. The topological polar surface area (TPSA) is 35.2 Å². The summed E-state index contributed by atoms with van der Waals surface area (Å²) in [6, 6.07) is 9.48. The molecule has 2 atom stereocenters. The van der Waals surface area contributed by atoms with Crippen molar-refractivity contribution in [2.45, 2.75) is 32.4 Å². The molecule has 0 saturated heterocycles. The minimum atomic E-state index is -0.105. The fraction of sp³-hybridized carbons (Fsp3) is 0.333. The van der Waals surface area contributed by atoms with Crippen molar-refractivity contribution in [3.8, 4) is 5.75 Å². The molecule has 102 valence electrons. The van der Waals surface area contributed by atoms with Crippen molar-refractivity contribution in [2.75, 3.05) is 0 Å². The van der Waals surface area contributed by atoms with Crippen LogP contribution >= 0.6 is 22.9 Å². The molecule has 2 rings (SSSR count). The van der Waals surface area contributed by atoms with Crippen molar-refractivity contribution in [3.63, 3.8) is 0 Å². The second kappa shape index (κ2) is 6.42. The highest BCUT2D eigenvalue weighted by Gasteiger charge is 2.23. The van der Waals surface area contributed by atoms with E-state index in [4.69, 9.17) is 22.1 Å². The van der Waals surface area contributed by atoms with Crippen LogP contribution in [0.2, 0.25) is 5.02 Å². The zero-order valence-corrected chi connectivity index (χ0v) is 12.7. The fourth-order valence-electron chi connectivity index (χ4n) is 1.89. The van der Waals surface area contributed by atoms with Gasteiger partial charge in [0, 0.05) is 15.9 Å². The Morgan fingerprint density at radius 2 is 1.95 bits per heavy atom. The van der Waals surface area contributed by atoms with Gasteiger partial charge in [-0.1, -0.05) is 18.5 Å². The van der Waals surface area contributed by atoms with Crippen LogP contribution in [0.3, 0.4) is 0 Å². The SMILES string of the molecule is CCC(N)C(Oc1ccc(Cl)cc1)c1sccc1C. The Balaban J connectivity index is 2.24. The van der Waals surface area contributed by atoms with E-state index in [1.165, 1.54) is 10.4 Å². The maximum atomic E-state index is 6.21. The molecule has 0 amide bonds. The van der Waals surface area contributed by atoms with Crippen LogP contribution in [0, 0.1) is 6.92 Å². The number of nitrogens with two attached hydrogens (primary N) is 1. The molecule has 2 nitrogen and oxygen atoms in total. The van der Waals surface area contributed by atoms with Gasteiger partial charge in [0.1, 0.15) is 11.9 Å². The molecule has 1 heterocycles. The lowest BCUT2D eigenvalue weighted by Crippen LogP contribution is -2.31. The summed E-state index contributed by atoms with van der Waals surface area (Å²) in [5.41, 5.74) is 7.44. The van der Waals surface area contributed by atoms with Gasteiger partial charge in [0.2, 0.25) is 0 Å². The van der Waals surface area contributed by atoms with Crippen LogP contribution in [0.25, 0.3) is 0 Å². The predicted octanol–water partition coefficient (Wildman–Crippen LogP) is 4.57. The van der Waals surface area contributed by atoms with Gasteiger partial charge in [0.25, 0.3) is 0 Å². The highest BCUT2D eigenvalue weighted by molar-refractivity contribution is 7.10. The number of thiophene rings is 1. The Bertz CT molecular complexity index is 523. The quantitative estimate of drug-likeness (QED) is 0.877. The first-order valence-electron chi connectivity index (χ1n) is 6.33. The van der Waals surface area contributed by atoms with Gasteiger partial charge in [0.05, 0.1) is 0 Å². The van der Waals surface area contributed by atoms with Crippen molar-refractivity contribution in [3.05, 3.63) is 51.2 Å².